The van der Waals surface area contributed by atoms with E-state index in [1.54, 1.807) is 40.7 Å². The van der Waals surface area contributed by atoms with Crippen molar-refractivity contribution >= 4 is 142 Å². The summed E-state index contributed by atoms with van der Waals surface area (Å²) in [6.07, 6.45) is -5.22. The highest BCUT2D eigenvalue weighted by atomic mass is 16.4. The molecule has 16 atom stereocenters. The molecule has 2 aromatic rings. The number of phenolic OH excluding ortho intramolecular Hbond substituents is 1. The fraction of sp³-hybridized carbons (Fsp3) is 0.591. The van der Waals surface area contributed by atoms with Gasteiger partial charge in [0.15, 0.2) is 11.9 Å². The fourth-order valence-corrected chi connectivity index (χ4v) is 13.7. The Morgan fingerprint density at radius 1 is 0.352 bits per heavy atom. The van der Waals surface area contributed by atoms with Gasteiger partial charge in [-0.15, -0.1) is 0 Å². The minimum absolute atomic E-state index is 0.0247. The van der Waals surface area contributed by atoms with E-state index in [-0.39, 0.29) is 76.1 Å². The lowest BCUT2D eigenvalue weighted by Gasteiger charge is -2.30. The van der Waals surface area contributed by atoms with Crippen molar-refractivity contribution < 1.29 is 131 Å². The minimum atomic E-state index is -2.20. The SMILES string of the molecule is CC[C@H](C)[C@H](NC(=O)[C@H](CCCNC(=N)N)NC(=O)[C@H](CC(C)C)NC(=O)[C@H](C)NC(=O)[C@@H](NC(=O)[C@H](CCCCN)NC(=O)CN)C(C)C)C(=O)N[C@@H](CCC(N)=O)C(=O)N[C@@H](CC(N)=O)C(=O)N[C@H](C(=O)N[C@@H](CCCNC(=N)N)C(=O)N[C@@H](Cc1ccccc1)C(=O)N[C@@H](CO)C(=O)N[C@@H](CC(=O)O)C(=O)N[C@@H](CCC(=O)O)C(=O)NCC(=O)NCC(=O)N[C@@H](Cc1ccc(O)cc1)C(=O)O)C(C)C. The second kappa shape index (κ2) is 64.3. The molecule has 38 N–H and O–H groups in total. The van der Waals surface area contributed by atoms with Gasteiger partial charge in [0.05, 0.1) is 39.1 Å². The molecule has 0 unspecified atom stereocenters. The average Bonchev–Trinajstić information content (AvgIpc) is 0.843. The molecule has 0 fully saturated rings. The van der Waals surface area contributed by atoms with Crippen LogP contribution in [0.2, 0.25) is 0 Å². The van der Waals surface area contributed by atoms with Gasteiger partial charge in [-0.25, -0.2) is 4.79 Å². The van der Waals surface area contributed by atoms with Crippen LogP contribution in [-0.4, -0.2) is 304 Å². The zero-order chi connectivity index (χ0) is 107. The van der Waals surface area contributed by atoms with E-state index in [1.807, 2.05) is 5.32 Å². The maximum absolute atomic E-state index is 14.8. The third-order valence-corrected chi connectivity index (χ3v) is 21.7. The number of primary amides is 2. The molecular formula is C88H141N27O27. The van der Waals surface area contributed by atoms with Crippen molar-refractivity contribution in [3.63, 3.8) is 0 Å². The Morgan fingerprint density at radius 2 is 0.746 bits per heavy atom. The minimum Gasteiger partial charge on any atom is -0.508 e. The summed E-state index contributed by atoms with van der Waals surface area (Å²) in [4.78, 5) is 299. The number of aliphatic hydroxyl groups excluding tert-OH is 1. The number of unbranched alkanes of at least 4 members (excludes halogenated alkanes) is 1. The Kier molecular flexibility index (Phi) is 55.7. The third-order valence-electron chi connectivity index (χ3n) is 21.7. The number of carbonyl (C=O) groups is 22. The van der Waals surface area contributed by atoms with Gasteiger partial charge in [0.2, 0.25) is 112 Å². The van der Waals surface area contributed by atoms with Crippen LogP contribution in [0.4, 0.5) is 0 Å². The highest BCUT2D eigenvalue weighted by Crippen LogP contribution is 2.18. The van der Waals surface area contributed by atoms with E-state index in [9.17, 15) is 131 Å². The van der Waals surface area contributed by atoms with E-state index in [4.69, 9.17) is 45.2 Å². The zero-order valence-corrected chi connectivity index (χ0v) is 80.8. The normalized spacial score (nSPS) is 14.4. The van der Waals surface area contributed by atoms with Gasteiger partial charge in [-0.3, -0.25) is 112 Å². The Labute approximate surface area is 819 Å². The molecular weight excluding hydrogens is 1870 g/mol. The molecule has 0 saturated heterocycles. The number of guanidine groups is 2. The van der Waals surface area contributed by atoms with Gasteiger partial charge in [-0.2, -0.15) is 0 Å². The second-order valence-electron chi connectivity index (χ2n) is 34.7. The second-order valence-corrected chi connectivity index (χ2v) is 34.7. The topological polar surface area (TPSA) is 909 Å². The standard InChI is InChI=1S/C88H141N27O27/c1-10-46(8)71(115-77(132)53(22-17-33-98-88(95)96)104-78(133)56(34-43(2)3)108-72(127)47(9)101-83(138)69(44(4)5)113-76(131)51(20-14-15-31-89)102-64(120)39-90)85(140)107-55(27-29-62(91)118)75(130)110-58(37-63(92)119)81(136)114-70(45(6)7)84(139)106-52(21-16-32-97-87(93)94)74(129)109-57(35-48-18-12-11-13-19-48)79(134)112-61(42-116)82(137)111-59(38-68(125)126)80(135)105-54(28-30-67(123)124)73(128)100-40-65(121)99-41-66(122)103-60(86(141)142)36-49-23-25-50(117)26-24-49/h11-13,18-19,23-26,43-47,51-61,69-71,116-117H,10,14-17,20-22,27-42,89-90H2,1-9H3,(H2,91,118)(H2,92,119)(H,99,121)(H,100,128)(H,101,138)(H,102,120)(H,103,122)(H,104,133)(H,105,135)(H,106,139)(H,107,140)(H,108,127)(H,109,129)(H,110,130)(H,111,137)(H,112,134)(H,113,131)(H,114,136)(H,115,132)(H,123,124)(H,125,126)(H,141,142)(H4,93,94,97)(H4,95,96,98)/t46-,47-,51-,52-,53-,54-,55-,56-,57-,58-,59-,60-,61-,69-,70-,71-/m0/s1. The monoisotopic (exact) mass is 2010 g/mol. The average molecular weight is 2010 g/mol. The van der Waals surface area contributed by atoms with Gasteiger partial charge in [0.1, 0.15) is 96.4 Å². The first kappa shape index (κ1) is 123. The molecule has 0 heterocycles. The Bertz CT molecular complexity index is 4660. The number of carbonyl (C=O) groups excluding carboxylic acids is 19. The number of hydrogen-bond acceptors (Lipinski definition) is 28. The van der Waals surface area contributed by atoms with Crippen LogP contribution in [0, 0.1) is 34.5 Å². The number of carboxylic acid groups (broad SMARTS) is 3. The Morgan fingerprint density at radius 3 is 1.23 bits per heavy atom. The number of aromatic hydroxyl groups is 1. The summed E-state index contributed by atoms with van der Waals surface area (Å²) in [5.41, 5.74) is 34.1. The Hall–Kier alpha value is -15.0. The van der Waals surface area contributed by atoms with Crippen LogP contribution < -0.4 is 135 Å². The third kappa shape index (κ3) is 48.0. The number of hydrogen-bond donors (Lipinski definition) is 32. The quantitative estimate of drug-likeness (QED) is 0.0166. The Balaban J connectivity index is 2.55. The number of nitrogens with one attached hydrogen (secondary N) is 21. The highest BCUT2D eigenvalue weighted by molar-refractivity contribution is 6.02. The first-order valence-electron chi connectivity index (χ1n) is 46.0. The molecule has 19 amide bonds. The number of amides is 19. The molecule has 0 aliphatic rings. The first-order valence-corrected chi connectivity index (χ1v) is 46.0. The maximum Gasteiger partial charge on any atom is 0.326 e. The molecule has 0 saturated carbocycles. The lowest BCUT2D eigenvalue weighted by molar-refractivity contribution is -0.142. The summed E-state index contributed by atoms with van der Waals surface area (Å²) >= 11 is 0. The van der Waals surface area contributed by atoms with Gasteiger partial charge in [-0.05, 0) is 125 Å². The smallest absolute Gasteiger partial charge is 0.326 e. The summed E-state index contributed by atoms with van der Waals surface area (Å²) in [5.74, 6) is -29.1. The van der Waals surface area contributed by atoms with Crippen LogP contribution in [-0.2, 0) is 118 Å². The highest BCUT2D eigenvalue weighted by Gasteiger charge is 2.41. The van der Waals surface area contributed by atoms with Crippen molar-refractivity contribution in [2.24, 2.45) is 58.1 Å². The predicted molar refractivity (Wildman–Crippen MR) is 508 cm³/mol. The molecule has 0 aliphatic carbocycles. The molecule has 54 heteroatoms. The van der Waals surface area contributed by atoms with Crippen molar-refractivity contribution in [1.82, 2.24) is 101 Å². The summed E-state index contributed by atoms with van der Waals surface area (Å²) < 4.78 is 0. The number of benzene rings is 2. The lowest BCUT2D eigenvalue weighted by Crippen LogP contribution is -2.62. The molecule has 2 rings (SSSR count). The van der Waals surface area contributed by atoms with Crippen molar-refractivity contribution in [2.45, 2.75) is 262 Å². The van der Waals surface area contributed by atoms with Crippen LogP contribution in [0.3, 0.4) is 0 Å². The van der Waals surface area contributed by atoms with E-state index >= 15 is 0 Å². The maximum atomic E-state index is 14.8. The van der Waals surface area contributed by atoms with Gasteiger partial charge in [0, 0.05) is 38.8 Å². The van der Waals surface area contributed by atoms with E-state index in [0.717, 1.165) is 0 Å². The molecule has 0 radical (unpaired) electrons. The van der Waals surface area contributed by atoms with E-state index in [1.165, 1.54) is 76.2 Å². The number of aliphatic carboxylic acids is 3. The molecule has 0 spiro atoms. The number of carboxylic acids is 3. The molecule has 790 valence electrons. The molecule has 0 aliphatic heterocycles. The summed E-state index contributed by atoms with van der Waals surface area (Å²) in [7, 11) is 0. The summed E-state index contributed by atoms with van der Waals surface area (Å²) in [6, 6.07) is -12.0. The van der Waals surface area contributed by atoms with Gasteiger partial charge >= 0.3 is 17.9 Å². The van der Waals surface area contributed by atoms with Crippen LogP contribution in [0.5, 0.6) is 5.75 Å². The van der Waals surface area contributed by atoms with Gasteiger partial charge < -0.3 is 161 Å². The lowest BCUT2D eigenvalue weighted by atomic mass is 9.96. The van der Waals surface area contributed by atoms with E-state index in [0.29, 0.717) is 30.5 Å². The number of aliphatic hydroxyl groups is 1. The molecule has 54 nitrogen and oxygen atoms in total. The number of phenols is 1. The van der Waals surface area contributed by atoms with Crippen molar-refractivity contribution in [2.75, 3.05) is 45.9 Å². The van der Waals surface area contributed by atoms with Crippen molar-refractivity contribution in [3.8, 4) is 5.75 Å². The van der Waals surface area contributed by atoms with Crippen molar-refractivity contribution in [3.05, 3.63) is 65.7 Å². The number of nitrogens with two attached hydrogens (primary N) is 6. The number of rotatable bonds is 68. The molecule has 2 aromatic carbocycles. The largest absolute Gasteiger partial charge is 0.508 e. The van der Waals surface area contributed by atoms with Gasteiger partial charge in [-0.1, -0.05) is 104 Å². The van der Waals surface area contributed by atoms with E-state index < -0.39 is 322 Å². The fourth-order valence-electron chi connectivity index (χ4n) is 13.7. The van der Waals surface area contributed by atoms with Crippen LogP contribution in [0.25, 0.3) is 0 Å². The zero-order valence-electron chi connectivity index (χ0n) is 80.8. The summed E-state index contributed by atoms with van der Waals surface area (Å²) in [6.45, 7) is 10.6. The van der Waals surface area contributed by atoms with Crippen molar-refractivity contribution in [1.29, 1.82) is 10.8 Å². The molecule has 0 aromatic heterocycles. The van der Waals surface area contributed by atoms with E-state index in [2.05, 4.69) is 95.7 Å². The van der Waals surface area contributed by atoms with Crippen LogP contribution >= 0.6 is 0 Å². The van der Waals surface area contributed by atoms with Crippen LogP contribution in [0.1, 0.15) is 170 Å². The molecule has 0 bridgehead atoms. The predicted octanol–water partition coefficient (Wildman–Crippen LogP) is -9.72. The summed E-state index contributed by atoms with van der Waals surface area (Å²) in [5, 5.41) is 110. The first-order chi connectivity index (χ1) is 66.7. The van der Waals surface area contributed by atoms with Gasteiger partial charge in [0.25, 0.3) is 0 Å². The van der Waals surface area contributed by atoms with Crippen LogP contribution in [0.15, 0.2) is 54.6 Å². The molecule has 142 heavy (non-hydrogen) atoms.